The summed E-state index contributed by atoms with van der Waals surface area (Å²) in [5.74, 6) is 0.406. The molecule has 0 aliphatic carbocycles. The molecule has 12 heavy (non-hydrogen) atoms. The van der Waals surface area contributed by atoms with E-state index in [-0.39, 0.29) is 0 Å². The highest BCUT2D eigenvalue weighted by Crippen LogP contribution is 2.23. The first-order valence-electron chi connectivity index (χ1n) is 4.02. The van der Waals surface area contributed by atoms with Gasteiger partial charge >= 0.3 is 0 Å². The molecule has 1 atom stereocenters. The maximum atomic E-state index is 5.62. The molecule has 1 radical (unpaired) electrons. The van der Waals surface area contributed by atoms with Gasteiger partial charge in [-0.15, -0.1) is 0 Å². The van der Waals surface area contributed by atoms with Crippen LogP contribution in [0.1, 0.15) is 24.8 Å². The van der Waals surface area contributed by atoms with Gasteiger partial charge in [0.2, 0.25) is 0 Å². The predicted octanol–water partition coefficient (Wildman–Crippen LogP) is 3.74. The normalized spacial score (nSPS) is 12.5. The lowest BCUT2D eigenvalue weighted by molar-refractivity contribution is 0.773. The smallest absolute Gasteiger partial charge is 0.0187 e. The molecule has 0 spiro atoms. The van der Waals surface area contributed by atoms with E-state index in [2.05, 4.69) is 19.1 Å². The Bertz CT molecular complexity index is 251. The summed E-state index contributed by atoms with van der Waals surface area (Å²) < 4.78 is 0. The van der Waals surface area contributed by atoms with E-state index in [1.54, 1.807) is 0 Å². The summed E-state index contributed by atoms with van der Waals surface area (Å²) in [6.07, 6.45) is 0.742. The van der Waals surface area contributed by atoms with Crippen LogP contribution in [0.2, 0.25) is 0 Å². The standard InChI is InChI=1S/C11H12Cl/c1-9(8-10(2)12)11-6-4-3-5-7-11/h2-7,9H,8H2,1H3. The van der Waals surface area contributed by atoms with Crippen LogP contribution in [0, 0.1) is 6.58 Å². The number of benzene rings is 1. The van der Waals surface area contributed by atoms with Gasteiger partial charge < -0.3 is 0 Å². The predicted molar refractivity (Wildman–Crippen MR) is 53.1 cm³/mol. The third-order valence-corrected chi connectivity index (χ3v) is 2.02. The molecule has 0 aliphatic rings. The number of hydrogen-bond acceptors (Lipinski definition) is 0. The second-order valence-corrected chi connectivity index (χ2v) is 3.45. The number of rotatable bonds is 3. The van der Waals surface area contributed by atoms with Gasteiger partial charge in [-0.05, 0) is 24.5 Å². The van der Waals surface area contributed by atoms with E-state index in [0.717, 1.165) is 6.42 Å². The van der Waals surface area contributed by atoms with Gasteiger partial charge in [-0.1, -0.05) is 48.9 Å². The molecular weight excluding hydrogens is 168 g/mol. The molecule has 0 saturated heterocycles. The molecule has 0 N–H and O–H groups in total. The first-order valence-corrected chi connectivity index (χ1v) is 4.39. The summed E-state index contributed by atoms with van der Waals surface area (Å²) in [5.41, 5.74) is 1.28. The van der Waals surface area contributed by atoms with Crippen LogP contribution in [0.4, 0.5) is 0 Å². The minimum absolute atomic E-state index is 0.406. The highest BCUT2D eigenvalue weighted by Gasteiger charge is 2.04. The maximum Gasteiger partial charge on any atom is 0.0187 e. The van der Waals surface area contributed by atoms with Crippen LogP contribution in [0.3, 0.4) is 0 Å². The Balaban J connectivity index is 2.65. The van der Waals surface area contributed by atoms with Crippen LogP contribution in [-0.2, 0) is 0 Å². The molecule has 0 aromatic heterocycles. The van der Waals surface area contributed by atoms with Crippen molar-refractivity contribution in [3.8, 4) is 0 Å². The molecule has 0 bridgehead atoms. The molecule has 1 rings (SSSR count). The highest BCUT2D eigenvalue weighted by atomic mass is 35.5. The Morgan fingerprint density at radius 1 is 1.42 bits per heavy atom. The number of halogens is 1. The van der Waals surface area contributed by atoms with Crippen LogP contribution in [0.15, 0.2) is 35.4 Å². The number of allylic oxidation sites excluding steroid dienone is 1. The van der Waals surface area contributed by atoms with Gasteiger partial charge in [-0.3, -0.25) is 0 Å². The average molecular weight is 180 g/mol. The third-order valence-electron chi connectivity index (χ3n) is 1.87. The van der Waals surface area contributed by atoms with E-state index in [4.69, 9.17) is 18.2 Å². The maximum absolute atomic E-state index is 5.62. The fourth-order valence-electron chi connectivity index (χ4n) is 1.19. The van der Waals surface area contributed by atoms with Gasteiger partial charge in [0.1, 0.15) is 0 Å². The molecule has 0 aliphatic heterocycles. The zero-order valence-corrected chi connectivity index (χ0v) is 7.88. The Morgan fingerprint density at radius 3 is 2.50 bits per heavy atom. The van der Waals surface area contributed by atoms with Crippen molar-refractivity contribution in [2.45, 2.75) is 19.3 Å². The second-order valence-electron chi connectivity index (χ2n) is 2.96. The van der Waals surface area contributed by atoms with Crippen molar-refractivity contribution in [2.75, 3.05) is 0 Å². The van der Waals surface area contributed by atoms with E-state index in [9.17, 15) is 0 Å². The van der Waals surface area contributed by atoms with Gasteiger partial charge in [0.15, 0.2) is 0 Å². The molecule has 0 amide bonds. The lowest BCUT2D eigenvalue weighted by Gasteiger charge is -2.09. The highest BCUT2D eigenvalue weighted by molar-refractivity contribution is 6.29. The SMILES string of the molecule is [CH]=C(Cl)CC(C)c1ccccc1. The molecule has 0 fully saturated rings. The summed E-state index contributed by atoms with van der Waals surface area (Å²) >= 11 is 5.62. The quantitative estimate of drug-likeness (QED) is 0.663. The van der Waals surface area contributed by atoms with Crippen molar-refractivity contribution in [3.05, 3.63) is 47.5 Å². The Morgan fingerprint density at radius 2 is 2.00 bits per heavy atom. The third kappa shape index (κ3) is 2.71. The second kappa shape index (κ2) is 4.32. The van der Waals surface area contributed by atoms with Gasteiger partial charge in [0.05, 0.1) is 0 Å². The molecule has 0 heterocycles. The fraction of sp³-hybridized carbons (Fsp3) is 0.273. The van der Waals surface area contributed by atoms with E-state index in [0.29, 0.717) is 11.0 Å². The summed E-state index contributed by atoms with van der Waals surface area (Å²) in [5, 5.41) is 0.478. The molecule has 1 aromatic carbocycles. The van der Waals surface area contributed by atoms with E-state index >= 15 is 0 Å². The van der Waals surface area contributed by atoms with Crippen molar-refractivity contribution in [2.24, 2.45) is 0 Å². The largest absolute Gasteiger partial charge is 0.0891 e. The zero-order valence-electron chi connectivity index (χ0n) is 7.13. The van der Waals surface area contributed by atoms with Crippen LogP contribution in [0.5, 0.6) is 0 Å². The van der Waals surface area contributed by atoms with Gasteiger partial charge in [0.25, 0.3) is 0 Å². The van der Waals surface area contributed by atoms with E-state index in [1.165, 1.54) is 5.56 Å². The minimum Gasteiger partial charge on any atom is -0.0891 e. The number of hydrogen-bond donors (Lipinski definition) is 0. The summed E-state index contributed by atoms with van der Waals surface area (Å²) in [4.78, 5) is 0. The molecule has 0 nitrogen and oxygen atoms in total. The van der Waals surface area contributed by atoms with Crippen LogP contribution < -0.4 is 0 Å². The molecule has 63 valence electrons. The Hall–Kier alpha value is -0.750. The van der Waals surface area contributed by atoms with Gasteiger partial charge in [0, 0.05) is 5.03 Å². The average Bonchev–Trinajstić information content (AvgIpc) is 2.05. The zero-order chi connectivity index (χ0) is 8.97. The minimum atomic E-state index is 0.406. The van der Waals surface area contributed by atoms with Crippen molar-refractivity contribution in [1.29, 1.82) is 0 Å². The Labute approximate surface area is 78.9 Å². The Kier molecular flexibility index (Phi) is 3.36. The monoisotopic (exact) mass is 179 g/mol. The molecule has 1 aromatic rings. The van der Waals surface area contributed by atoms with Crippen LogP contribution >= 0.6 is 11.6 Å². The summed E-state index contributed by atoms with van der Waals surface area (Å²) in [7, 11) is 0. The van der Waals surface area contributed by atoms with E-state index < -0.39 is 0 Å². The molecule has 1 unspecified atom stereocenters. The summed E-state index contributed by atoms with van der Waals surface area (Å²) in [6, 6.07) is 10.2. The van der Waals surface area contributed by atoms with Gasteiger partial charge in [-0.25, -0.2) is 0 Å². The molecule has 0 saturated carbocycles. The van der Waals surface area contributed by atoms with Crippen molar-refractivity contribution >= 4 is 11.6 Å². The lowest BCUT2D eigenvalue weighted by atomic mass is 9.98. The van der Waals surface area contributed by atoms with Crippen LogP contribution in [-0.4, -0.2) is 0 Å². The van der Waals surface area contributed by atoms with Gasteiger partial charge in [-0.2, -0.15) is 0 Å². The molecular formula is C11H12Cl. The van der Waals surface area contributed by atoms with Crippen molar-refractivity contribution in [3.63, 3.8) is 0 Å². The summed E-state index contributed by atoms with van der Waals surface area (Å²) in [6.45, 7) is 7.53. The first kappa shape index (κ1) is 9.34. The van der Waals surface area contributed by atoms with Crippen molar-refractivity contribution < 1.29 is 0 Å². The fourth-order valence-corrected chi connectivity index (χ4v) is 1.42. The van der Waals surface area contributed by atoms with E-state index in [1.807, 2.05) is 18.2 Å². The first-order chi connectivity index (χ1) is 5.70. The molecule has 1 heteroatoms. The lowest BCUT2D eigenvalue weighted by Crippen LogP contribution is -1.92. The topological polar surface area (TPSA) is 0 Å². The van der Waals surface area contributed by atoms with Crippen LogP contribution in [0.25, 0.3) is 0 Å². The van der Waals surface area contributed by atoms with Crippen molar-refractivity contribution in [1.82, 2.24) is 0 Å².